The first-order valence-corrected chi connectivity index (χ1v) is 7.14. The molecule has 0 heterocycles. The van der Waals surface area contributed by atoms with Crippen LogP contribution in [0.25, 0.3) is 0 Å². The Labute approximate surface area is 123 Å². The molecule has 0 fully saturated rings. The Hall–Kier alpha value is -1.32. The summed E-state index contributed by atoms with van der Waals surface area (Å²) >= 11 is 3.60. The highest BCUT2D eigenvalue weighted by atomic mass is 79.9. The SMILES string of the molecule is Cc1ccccc1N(C)c1ccc(C(C)N)c(Br)c1. The van der Waals surface area contributed by atoms with Gasteiger partial charge in [-0.05, 0) is 43.2 Å². The van der Waals surface area contributed by atoms with Gasteiger partial charge in [-0.3, -0.25) is 0 Å². The molecule has 2 rings (SSSR count). The smallest absolute Gasteiger partial charge is 0.0437 e. The van der Waals surface area contributed by atoms with E-state index < -0.39 is 0 Å². The second-order valence-electron chi connectivity index (χ2n) is 4.84. The fourth-order valence-electron chi connectivity index (χ4n) is 2.17. The van der Waals surface area contributed by atoms with Gasteiger partial charge in [-0.25, -0.2) is 0 Å². The van der Waals surface area contributed by atoms with Crippen molar-refractivity contribution in [2.45, 2.75) is 19.9 Å². The van der Waals surface area contributed by atoms with Crippen molar-refractivity contribution in [3.8, 4) is 0 Å². The van der Waals surface area contributed by atoms with Gasteiger partial charge < -0.3 is 10.6 Å². The molecular formula is C16H19BrN2. The summed E-state index contributed by atoms with van der Waals surface area (Å²) in [5.74, 6) is 0. The Kier molecular flexibility index (Phi) is 4.27. The molecule has 0 saturated heterocycles. The average molecular weight is 319 g/mol. The highest BCUT2D eigenvalue weighted by Crippen LogP contribution is 2.31. The van der Waals surface area contributed by atoms with Gasteiger partial charge in [-0.2, -0.15) is 0 Å². The van der Waals surface area contributed by atoms with E-state index in [0.29, 0.717) is 0 Å². The molecule has 0 bridgehead atoms. The highest BCUT2D eigenvalue weighted by Gasteiger charge is 2.10. The van der Waals surface area contributed by atoms with Gasteiger partial charge in [-0.1, -0.05) is 40.2 Å². The summed E-state index contributed by atoms with van der Waals surface area (Å²) in [7, 11) is 2.08. The van der Waals surface area contributed by atoms with Crippen LogP contribution in [0.15, 0.2) is 46.9 Å². The molecule has 2 aromatic rings. The summed E-state index contributed by atoms with van der Waals surface area (Å²) in [5, 5.41) is 0. The summed E-state index contributed by atoms with van der Waals surface area (Å²) in [6, 6.07) is 14.7. The van der Waals surface area contributed by atoms with Crippen LogP contribution >= 0.6 is 15.9 Å². The molecule has 0 aliphatic rings. The first kappa shape index (κ1) is 14.1. The molecule has 0 saturated carbocycles. The van der Waals surface area contributed by atoms with Gasteiger partial charge in [0, 0.05) is 28.9 Å². The molecular weight excluding hydrogens is 300 g/mol. The van der Waals surface area contributed by atoms with Crippen molar-refractivity contribution in [3.63, 3.8) is 0 Å². The molecule has 0 amide bonds. The molecule has 1 unspecified atom stereocenters. The number of benzene rings is 2. The van der Waals surface area contributed by atoms with Crippen LogP contribution in [0.2, 0.25) is 0 Å². The molecule has 3 heteroatoms. The van der Waals surface area contributed by atoms with E-state index in [-0.39, 0.29) is 6.04 Å². The number of nitrogens with two attached hydrogens (primary N) is 1. The minimum Gasteiger partial charge on any atom is -0.344 e. The van der Waals surface area contributed by atoms with E-state index in [4.69, 9.17) is 5.73 Å². The van der Waals surface area contributed by atoms with Crippen LogP contribution in [-0.4, -0.2) is 7.05 Å². The van der Waals surface area contributed by atoms with Gasteiger partial charge in [0.2, 0.25) is 0 Å². The first-order chi connectivity index (χ1) is 9.00. The summed E-state index contributed by atoms with van der Waals surface area (Å²) in [6.07, 6.45) is 0. The Balaban J connectivity index is 2.38. The van der Waals surface area contributed by atoms with Crippen LogP contribution in [0.3, 0.4) is 0 Å². The van der Waals surface area contributed by atoms with Gasteiger partial charge in [0.05, 0.1) is 0 Å². The second-order valence-corrected chi connectivity index (χ2v) is 5.69. The molecule has 2 aromatic carbocycles. The van der Waals surface area contributed by atoms with Crippen LogP contribution in [0.4, 0.5) is 11.4 Å². The zero-order chi connectivity index (χ0) is 14.0. The van der Waals surface area contributed by atoms with Crippen molar-refractivity contribution in [1.29, 1.82) is 0 Å². The van der Waals surface area contributed by atoms with Gasteiger partial charge in [0.15, 0.2) is 0 Å². The summed E-state index contributed by atoms with van der Waals surface area (Å²) in [5.41, 5.74) is 10.7. The largest absolute Gasteiger partial charge is 0.344 e. The predicted molar refractivity (Wildman–Crippen MR) is 86.0 cm³/mol. The molecule has 0 aromatic heterocycles. The van der Waals surface area contributed by atoms with Crippen LogP contribution in [0.5, 0.6) is 0 Å². The number of hydrogen-bond acceptors (Lipinski definition) is 2. The maximum absolute atomic E-state index is 5.93. The normalized spacial score (nSPS) is 12.3. The maximum atomic E-state index is 5.93. The third-order valence-corrected chi connectivity index (χ3v) is 4.03. The van der Waals surface area contributed by atoms with Crippen molar-refractivity contribution in [2.75, 3.05) is 11.9 Å². The molecule has 1 atom stereocenters. The maximum Gasteiger partial charge on any atom is 0.0437 e. The van der Waals surface area contributed by atoms with E-state index in [1.807, 2.05) is 6.92 Å². The third-order valence-electron chi connectivity index (χ3n) is 3.34. The Bertz CT molecular complexity index is 579. The lowest BCUT2D eigenvalue weighted by atomic mass is 10.1. The van der Waals surface area contributed by atoms with Crippen LogP contribution in [0.1, 0.15) is 24.1 Å². The van der Waals surface area contributed by atoms with Crippen LogP contribution < -0.4 is 10.6 Å². The van der Waals surface area contributed by atoms with E-state index in [9.17, 15) is 0 Å². The highest BCUT2D eigenvalue weighted by molar-refractivity contribution is 9.10. The van der Waals surface area contributed by atoms with Gasteiger partial charge in [-0.15, -0.1) is 0 Å². The second kappa shape index (κ2) is 5.76. The molecule has 0 aliphatic carbocycles. The predicted octanol–water partition coefficient (Wildman–Crippen LogP) is 4.55. The van der Waals surface area contributed by atoms with Gasteiger partial charge >= 0.3 is 0 Å². The first-order valence-electron chi connectivity index (χ1n) is 6.35. The van der Waals surface area contributed by atoms with Crippen LogP contribution in [0, 0.1) is 6.92 Å². The average Bonchev–Trinajstić information content (AvgIpc) is 2.38. The lowest BCUT2D eigenvalue weighted by molar-refractivity contribution is 0.813. The number of nitrogens with zero attached hydrogens (tertiary/aromatic N) is 1. The van der Waals surface area contributed by atoms with Crippen LogP contribution in [-0.2, 0) is 0 Å². The molecule has 0 radical (unpaired) electrons. The summed E-state index contributed by atoms with van der Waals surface area (Å²) < 4.78 is 1.06. The molecule has 0 aliphatic heterocycles. The zero-order valence-electron chi connectivity index (χ0n) is 11.5. The minimum atomic E-state index is 0.0344. The van der Waals surface area contributed by atoms with Crippen molar-refractivity contribution < 1.29 is 0 Å². The van der Waals surface area contributed by atoms with Gasteiger partial charge in [0.1, 0.15) is 0 Å². The van der Waals surface area contributed by atoms with E-state index in [1.54, 1.807) is 0 Å². The minimum absolute atomic E-state index is 0.0344. The van der Waals surface area contributed by atoms with Crippen molar-refractivity contribution in [3.05, 3.63) is 58.1 Å². The monoisotopic (exact) mass is 318 g/mol. The number of halogens is 1. The van der Waals surface area contributed by atoms with Crippen molar-refractivity contribution in [1.82, 2.24) is 0 Å². The standard InChI is InChI=1S/C16H19BrN2/c1-11-6-4-5-7-16(11)19(3)13-8-9-14(12(2)18)15(17)10-13/h4-10,12H,18H2,1-3H3. The number of para-hydroxylation sites is 1. The quantitative estimate of drug-likeness (QED) is 0.899. The number of anilines is 2. The Morgan fingerprint density at radius 3 is 2.42 bits per heavy atom. The molecule has 19 heavy (non-hydrogen) atoms. The fourth-order valence-corrected chi connectivity index (χ4v) is 2.90. The summed E-state index contributed by atoms with van der Waals surface area (Å²) in [6.45, 7) is 4.11. The Morgan fingerprint density at radius 2 is 1.84 bits per heavy atom. The Morgan fingerprint density at radius 1 is 1.16 bits per heavy atom. The lowest BCUT2D eigenvalue weighted by Crippen LogP contribution is -2.12. The number of rotatable bonds is 3. The van der Waals surface area contributed by atoms with E-state index in [2.05, 4.69) is 77.3 Å². The lowest BCUT2D eigenvalue weighted by Gasteiger charge is -2.22. The van der Waals surface area contributed by atoms with E-state index in [1.165, 1.54) is 11.3 Å². The van der Waals surface area contributed by atoms with Crippen molar-refractivity contribution >= 4 is 27.3 Å². The zero-order valence-corrected chi connectivity index (χ0v) is 13.1. The summed E-state index contributed by atoms with van der Waals surface area (Å²) in [4.78, 5) is 2.19. The molecule has 0 spiro atoms. The molecule has 2 nitrogen and oxygen atoms in total. The number of aryl methyl sites for hydroxylation is 1. The van der Waals surface area contributed by atoms with Gasteiger partial charge in [0.25, 0.3) is 0 Å². The third kappa shape index (κ3) is 2.99. The molecule has 100 valence electrons. The van der Waals surface area contributed by atoms with E-state index >= 15 is 0 Å². The van der Waals surface area contributed by atoms with Crippen molar-refractivity contribution in [2.24, 2.45) is 5.73 Å². The number of hydrogen-bond donors (Lipinski definition) is 1. The van der Waals surface area contributed by atoms with E-state index in [0.717, 1.165) is 15.7 Å². The fraction of sp³-hybridized carbons (Fsp3) is 0.250. The molecule has 2 N–H and O–H groups in total. The topological polar surface area (TPSA) is 29.3 Å².